The van der Waals surface area contributed by atoms with Gasteiger partial charge in [0.1, 0.15) is 17.4 Å². The van der Waals surface area contributed by atoms with Gasteiger partial charge in [-0.1, -0.05) is 6.08 Å². The van der Waals surface area contributed by atoms with Crippen molar-refractivity contribution in [2.24, 2.45) is 0 Å². The highest BCUT2D eigenvalue weighted by Gasteiger charge is 2.17. The van der Waals surface area contributed by atoms with Crippen molar-refractivity contribution in [3.05, 3.63) is 29.5 Å². The van der Waals surface area contributed by atoms with Gasteiger partial charge in [-0.3, -0.25) is 15.0 Å². The number of carbonyl (C=O) groups excluding carboxylic acids is 1. The molecule has 0 radical (unpaired) electrons. The normalized spacial score (nSPS) is 10.3. The van der Waals surface area contributed by atoms with Crippen molar-refractivity contribution >= 4 is 11.8 Å². The summed E-state index contributed by atoms with van der Waals surface area (Å²) in [5.74, 6) is 0.482. The van der Waals surface area contributed by atoms with Crippen molar-refractivity contribution in [3.8, 4) is 6.07 Å². The molecule has 0 aliphatic heterocycles. The van der Waals surface area contributed by atoms with Gasteiger partial charge >= 0.3 is 0 Å². The monoisotopic (exact) mass is 277 g/mol. The number of anilines is 1. The average molecular weight is 277 g/mol. The zero-order chi connectivity index (χ0) is 15.1. The Morgan fingerprint density at radius 3 is 2.85 bits per heavy atom. The third-order valence-corrected chi connectivity index (χ3v) is 2.92. The lowest BCUT2D eigenvalue weighted by molar-refractivity contribution is -0.117. The summed E-state index contributed by atoms with van der Waals surface area (Å²) in [6.07, 6.45) is 1.66. The van der Waals surface area contributed by atoms with Gasteiger partial charge in [0, 0.05) is 18.7 Å². The molecule has 0 bridgehead atoms. The van der Waals surface area contributed by atoms with Gasteiger partial charge in [-0.2, -0.15) is 5.26 Å². The van der Waals surface area contributed by atoms with Gasteiger partial charge in [0.05, 0.1) is 13.2 Å². The lowest BCUT2D eigenvalue weighted by Crippen LogP contribution is -2.35. The average Bonchev–Trinajstić information content (AvgIpc) is 2.64. The van der Waals surface area contributed by atoms with Crippen molar-refractivity contribution in [2.75, 3.05) is 31.6 Å². The van der Waals surface area contributed by atoms with Crippen LogP contribution in [0.25, 0.3) is 0 Å². The summed E-state index contributed by atoms with van der Waals surface area (Å²) in [7, 11) is 0. The number of rotatable bonds is 7. The van der Waals surface area contributed by atoms with Crippen LogP contribution >= 0.6 is 0 Å². The van der Waals surface area contributed by atoms with E-state index in [1.807, 2.05) is 6.07 Å². The van der Waals surface area contributed by atoms with Gasteiger partial charge in [-0.15, -0.1) is 6.58 Å². The molecule has 0 aliphatic carbocycles. The maximum atomic E-state index is 11.9. The molecule has 2 N–H and O–H groups in total. The van der Waals surface area contributed by atoms with Crippen LogP contribution in [0.1, 0.15) is 16.9 Å². The predicted molar refractivity (Wildman–Crippen MR) is 75.2 cm³/mol. The third kappa shape index (κ3) is 3.95. The molecule has 0 atom stereocenters. The molecular formula is C14H19N3O3. The molecule has 1 rings (SSSR count). The third-order valence-electron chi connectivity index (χ3n) is 2.92. The quantitative estimate of drug-likeness (QED) is 0.731. The van der Waals surface area contributed by atoms with Crippen LogP contribution < -0.4 is 5.32 Å². The molecule has 108 valence electrons. The Balaban J connectivity index is 2.73. The van der Waals surface area contributed by atoms with Crippen molar-refractivity contribution in [1.29, 1.82) is 5.26 Å². The molecule has 1 amide bonds. The highest BCUT2D eigenvalue weighted by Crippen LogP contribution is 2.25. The molecule has 0 aliphatic rings. The van der Waals surface area contributed by atoms with Gasteiger partial charge in [0.2, 0.25) is 11.8 Å². The number of nitrogens with one attached hydrogen (secondary N) is 1. The molecular weight excluding hydrogens is 258 g/mol. The minimum Gasteiger partial charge on any atom is -0.444 e. The molecule has 0 aromatic carbocycles. The Morgan fingerprint density at radius 2 is 2.30 bits per heavy atom. The number of carbonyl (C=O) groups is 1. The number of nitriles is 1. The lowest BCUT2D eigenvalue weighted by Gasteiger charge is -2.18. The molecule has 0 saturated heterocycles. The zero-order valence-corrected chi connectivity index (χ0v) is 11.8. The number of nitrogens with zero attached hydrogens (tertiary/aromatic N) is 2. The number of aryl methyl sites for hydroxylation is 1. The lowest BCUT2D eigenvalue weighted by atomic mass is 10.2. The second-order valence-electron chi connectivity index (χ2n) is 4.39. The van der Waals surface area contributed by atoms with Crippen LogP contribution in [-0.4, -0.2) is 42.2 Å². The second-order valence-corrected chi connectivity index (χ2v) is 4.39. The first kappa shape index (κ1) is 16.0. The van der Waals surface area contributed by atoms with E-state index in [-0.39, 0.29) is 24.9 Å². The molecule has 0 fully saturated rings. The van der Waals surface area contributed by atoms with E-state index in [2.05, 4.69) is 11.9 Å². The molecule has 6 heteroatoms. The van der Waals surface area contributed by atoms with E-state index in [4.69, 9.17) is 14.8 Å². The second kappa shape index (κ2) is 7.48. The van der Waals surface area contributed by atoms with E-state index < -0.39 is 0 Å². The number of hydrogen-bond acceptors (Lipinski definition) is 5. The topological polar surface area (TPSA) is 89.5 Å². The predicted octanol–water partition coefficient (Wildman–Crippen LogP) is 1.19. The number of amides is 1. The van der Waals surface area contributed by atoms with E-state index in [1.165, 1.54) is 0 Å². The van der Waals surface area contributed by atoms with Crippen molar-refractivity contribution in [3.63, 3.8) is 0 Å². The van der Waals surface area contributed by atoms with E-state index in [0.29, 0.717) is 24.4 Å². The maximum Gasteiger partial charge on any atom is 0.240 e. The summed E-state index contributed by atoms with van der Waals surface area (Å²) in [5, 5.41) is 20.6. The van der Waals surface area contributed by atoms with Crippen LogP contribution in [0.4, 0.5) is 5.88 Å². The molecule has 20 heavy (non-hydrogen) atoms. The van der Waals surface area contributed by atoms with Gasteiger partial charge in [-0.25, -0.2) is 0 Å². The Labute approximate surface area is 118 Å². The number of furan rings is 1. The zero-order valence-electron chi connectivity index (χ0n) is 11.8. The minimum atomic E-state index is -0.300. The van der Waals surface area contributed by atoms with Crippen LogP contribution in [-0.2, 0) is 4.79 Å². The molecule has 6 nitrogen and oxygen atoms in total. The van der Waals surface area contributed by atoms with Crippen LogP contribution in [0, 0.1) is 25.2 Å². The number of aliphatic hydroxyl groups excluding tert-OH is 1. The SMILES string of the molecule is C=CCN(CCO)CC(=O)Nc1oc(C)c(C)c1C#N. The summed E-state index contributed by atoms with van der Waals surface area (Å²) >= 11 is 0. The Bertz CT molecular complexity index is 529. The highest BCUT2D eigenvalue weighted by atomic mass is 16.4. The molecule has 0 saturated carbocycles. The maximum absolute atomic E-state index is 11.9. The Kier molecular flexibility index (Phi) is 5.97. The van der Waals surface area contributed by atoms with Gasteiger partial charge < -0.3 is 9.52 Å². The summed E-state index contributed by atoms with van der Waals surface area (Å²) in [4.78, 5) is 13.7. The van der Waals surface area contributed by atoms with E-state index >= 15 is 0 Å². The van der Waals surface area contributed by atoms with Crippen molar-refractivity contribution < 1.29 is 14.3 Å². The van der Waals surface area contributed by atoms with E-state index in [1.54, 1.807) is 24.8 Å². The van der Waals surface area contributed by atoms with Gasteiger partial charge in [-0.05, 0) is 13.8 Å². The minimum absolute atomic E-state index is 0.0382. The highest BCUT2D eigenvalue weighted by molar-refractivity contribution is 5.92. The summed E-state index contributed by atoms with van der Waals surface area (Å²) in [6, 6.07) is 2.02. The van der Waals surface area contributed by atoms with Crippen LogP contribution in [0.2, 0.25) is 0 Å². The summed E-state index contributed by atoms with van der Waals surface area (Å²) < 4.78 is 5.37. The molecule has 0 unspecified atom stereocenters. The smallest absolute Gasteiger partial charge is 0.240 e. The number of hydrogen-bond donors (Lipinski definition) is 2. The standard InChI is InChI=1S/C14H19N3O3/c1-4-5-17(6-7-18)9-13(19)16-14-12(8-15)10(2)11(3)20-14/h4,18H,1,5-7,9H2,2-3H3,(H,16,19). The van der Waals surface area contributed by atoms with Crippen LogP contribution in [0.5, 0.6) is 0 Å². The van der Waals surface area contributed by atoms with Gasteiger partial charge in [0.15, 0.2) is 0 Å². The molecule has 1 heterocycles. The van der Waals surface area contributed by atoms with E-state index in [9.17, 15) is 4.79 Å². The van der Waals surface area contributed by atoms with Gasteiger partial charge in [0.25, 0.3) is 0 Å². The van der Waals surface area contributed by atoms with Crippen molar-refractivity contribution in [2.45, 2.75) is 13.8 Å². The first-order valence-electron chi connectivity index (χ1n) is 6.27. The Morgan fingerprint density at radius 1 is 1.60 bits per heavy atom. The summed E-state index contributed by atoms with van der Waals surface area (Å²) in [5.41, 5.74) is 1.06. The molecule has 0 spiro atoms. The van der Waals surface area contributed by atoms with Crippen LogP contribution in [0.3, 0.4) is 0 Å². The van der Waals surface area contributed by atoms with E-state index in [0.717, 1.165) is 5.56 Å². The fourth-order valence-electron chi connectivity index (χ4n) is 1.78. The first-order valence-corrected chi connectivity index (χ1v) is 6.27. The molecule has 1 aromatic rings. The molecule has 1 aromatic heterocycles. The largest absolute Gasteiger partial charge is 0.444 e. The summed E-state index contributed by atoms with van der Waals surface area (Å²) in [6.45, 7) is 8.03. The fourth-order valence-corrected chi connectivity index (χ4v) is 1.78. The Hall–Kier alpha value is -2.10. The van der Waals surface area contributed by atoms with Crippen LogP contribution in [0.15, 0.2) is 17.1 Å². The first-order chi connectivity index (χ1) is 9.53. The van der Waals surface area contributed by atoms with Crippen molar-refractivity contribution in [1.82, 2.24) is 4.90 Å². The fraction of sp³-hybridized carbons (Fsp3) is 0.429. The number of aliphatic hydroxyl groups is 1.